The van der Waals surface area contributed by atoms with E-state index in [9.17, 15) is 0 Å². The van der Waals surface area contributed by atoms with Crippen molar-refractivity contribution in [1.82, 2.24) is 0 Å². The molecule has 0 amide bonds. The Kier molecular flexibility index (Phi) is 3.78. The molecule has 0 aliphatic rings. The van der Waals surface area contributed by atoms with Crippen molar-refractivity contribution >= 4 is 34.7 Å². The van der Waals surface area contributed by atoms with Crippen LogP contribution in [0.2, 0.25) is 10.0 Å². The van der Waals surface area contributed by atoms with E-state index in [1.54, 1.807) is 18.2 Å². The number of hydrogen-bond acceptors (Lipinski definition) is 1. The Balaban J connectivity index is 2.98. The molecule has 0 fully saturated rings. The highest BCUT2D eigenvalue weighted by molar-refractivity contribution is 6.42. The Morgan fingerprint density at radius 3 is 2.43 bits per heavy atom. The zero-order valence-corrected chi connectivity index (χ0v) is 9.60. The van der Waals surface area contributed by atoms with Gasteiger partial charge in [0.25, 0.3) is 0 Å². The molecule has 0 radical (unpaired) electrons. The fourth-order valence-electron chi connectivity index (χ4n) is 0.833. The number of halogens is 2. The van der Waals surface area contributed by atoms with Gasteiger partial charge in [-0.05, 0) is 18.2 Å². The van der Waals surface area contributed by atoms with Crippen LogP contribution < -0.4 is 5.73 Å². The second kappa shape index (κ2) is 4.67. The van der Waals surface area contributed by atoms with Crippen LogP contribution in [0.25, 0.3) is 0 Å². The summed E-state index contributed by atoms with van der Waals surface area (Å²) in [6.07, 6.45) is 0. The van der Waals surface area contributed by atoms with Gasteiger partial charge in [0.1, 0.15) is 5.84 Å². The first kappa shape index (κ1) is 11.3. The molecule has 0 heterocycles. The summed E-state index contributed by atoms with van der Waals surface area (Å²) in [5.41, 5.74) is 6.44. The van der Waals surface area contributed by atoms with Crippen molar-refractivity contribution in [3.8, 4) is 0 Å². The van der Waals surface area contributed by atoms with E-state index in [4.69, 9.17) is 28.9 Å². The summed E-state index contributed by atoms with van der Waals surface area (Å²) in [5.74, 6) is 0.813. The first-order valence-electron chi connectivity index (χ1n) is 4.30. The summed E-state index contributed by atoms with van der Waals surface area (Å²) in [4.78, 5) is 4.21. The van der Waals surface area contributed by atoms with Crippen LogP contribution in [0.15, 0.2) is 23.2 Å². The van der Waals surface area contributed by atoms with Gasteiger partial charge in [0, 0.05) is 5.92 Å². The molecular formula is C10H12Cl2N2. The average molecular weight is 231 g/mol. The number of hydrogen-bond donors (Lipinski definition) is 1. The van der Waals surface area contributed by atoms with Crippen LogP contribution in [0, 0.1) is 5.92 Å². The summed E-state index contributed by atoms with van der Waals surface area (Å²) in [6, 6.07) is 5.18. The van der Waals surface area contributed by atoms with Gasteiger partial charge in [-0.15, -0.1) is 0 Å². The molecule has 0 spiro atoms. The molecule has 0 atom stereocenters. The summed E-state index contributed by atoms with van der Waals surface area (Å²) in [7, 11) is 0. The van der Waals surface area contributed by atoms with Gasteiger partial charge in [0.05, 0.1) is 15.7 Å². The molecule has 0 aliphatic heterocycles. The average Bonchev–Trinajstić information content (AvgIpc) is 2.11. The standard InChI is InChI=1S/C10H12Cl2N2/c1-6(2)10(13)14-7-3-4-8(11)9(12)5-7/h3-6H,1-2H3,(H2,13,14). The zero-order chi connectivity index (χ0) is 10.7. The lowest BCUT2D eigenvalue weighted by Crippen LogP contribution is -2.17. The molecule has 1 rings (SSSR count). The van der Waals surface area contributed by atoms with Crippen LogP contribution >= 0.6 is 23.2 Å². The number of rotatable bonds is 2. The van der Waals surface area contributed by atoms with Crippen LogP contribution in [-0.2, 0) is 0 Å². The topological polar surface area (TPSA) is 38.4 Å². The Labute approximate surface area is 93.7 Å². The second-order valence-corrected chi connectivity index (χ2v) is 4.10. The molecule has 1 aromatic rings. The van der Waals surface area contributed by atoms with Crippen molar-refractivity contribution in [3.63, 3.8) is 0 Å². The smallest absolute Gasteiger partial charge is 0.102 e. The lowest BCUT2D eigenvalue weighted by molar-refractivity contribution is 0.873. The maximum Gasteiger partial charge on any atom is 0.102 e. The van der Waals surface area contributed by atoms with E-state index in [-0.39, 0.29) is 5.92 Å². The summed E-state index contributed by atoms with van der Waals surface area (Å²) < 4.78 is 0. The molecule has 4 heteroatoms. The second-order valence-electron chi connectivity index (χ2n) is 3.29. The number of amidine groups is 1. The number of nitrogens with zero attached hydrogens (tertiary/aromatic N) is 1. The molecule has 0 aliphatic carbocycles. The third kappa shape index (κ3) is 2.89. The Hall–Kier alpha value is -0.730. The van der Waals surface area contributed by atoms with E-state index in [2.05, 4.69) is 4.99 Å². The van der Waals surface area contributed by atoms with Gasteiger partial charge < -0.3 is 5.73 Å². The van der Waals surface area contributed by atoms with Gasteiger partial charge in [-0.2, -0.15) is 0 Å². The molecule has 0 aromatic heterocycles. The third-order valence-electron chi connectivity index (χ3n) is 1.75. The van der Waals surface area contributed by atoms with Gasteiger partial charge in [0.2, 0.25) is 0 Å². The van der Waals surface area contributed by atoms with E-state index in [0.717, 1.165) is 5.69 Å². The Morgan fingerprint density at radius 2 is 1.93 bits per heavy atom. The van der Waals surface area contributed by atoms with Gasteiger partial charge >= 0.3 is 0 Å². The largest absolute Gasteiger partial charge is 0.387 e. The van der Waals surface area contributed by atoms with Crippen molar-refractivity contribution < 1.29 is 0 Å². The molecule has 14 heavy (non-hydrogen) atoms. The van der Waals surface area contributed by atoms with E-state index in [0.29, 0.717) is 15.9 Å². The minimum Gasteiger partial charge on any atom is -0.387 e. The highest BCUT2D eigenvalue weighted by Gasteiger charge is 2.01. The highest BCUT2D eigenvalue weighted by Crippen LogP contribution is 2.26. The minimum atomic E-state index is 0.226. The highest BCUT2D eigenvalue weighted by atomic mass is 35.5. The summed E-state index contributed by atoms with van der Waals surface area (Å²) in [6.45, 7) is 3.96. The monoisotopic (exact) mass is 230 g/mol. The van der Waals surface area contributed by atoms with Crippen molar-refractivity contribution in [1.29, 1.82) is 0 Å². The molecule has 0 saturated carbocycles. The van der Waals surface area contributed by atoms with Crippen molar-refractivity contribution in [3.05, 3.63) is 28.2 Å². The molecule has 1 aromatic carbocycles. The molecule has 0 bridgehead atoms. The fraction of sp³-hybridized carbons (Fsp3) is 0.300. The number of benzene rings is 1. The normalized spacial score (nSPS) is 12.2. The van der Waals surface area contributed by atoms with E-state index < -0.39 is 0 Å². The number of aliphatic imine (C=N–C) groups is 1. The van der Waals surface area contributed by atoms with E-state index in [1.807, 2.05) is 13.8 Å². The minimum absolute atomic E-state index is 0.226. The quantitative estimate of drug-likeness (QED) is 0.612. The van der Waals surface area contributed by atoms with E-state index in [1.165, 1.54) is 0 Å². The molecular weight excluding hydrogens is 219 g/mol. The summed E-state index contributed by atoms with van der Waals surface area (Å²) >= 11 is 11.6. The van der Waals surface area contributed by atoms with Crippen molar-refractivity contribution in [2.45, 2.75) is 13.8 Å². The lowest BCUT2D eigenvalue weighted by atomic mass is 10.2. The predicted octanol–water partition coefficient (Wildman–Crippen LogP) is 3.64. The van der Waals surface area contributed by atoms with Crippen LogP contribution in [-0.4, -0.2) is 5.84 Å². The maximum atomic E-state index is 5.83. The molecule has 0 saturated heterocycles. The van der Waals surface area contributed by atoms with Gasteiger partial charge in [-0.25, -0.2) is 4.99 Å². The molecule has 76 valence electrons. The number of nitrogens with two attached hydrogens (primary N) is 1. The third-order valence-corrected chi connectivity index (χ3v) is 2.49. The van der Waals surface area contributed by atoms with Crippen molar-refractivity contribution in [2.24, 2.45) is 16.6 Å². The Bertz CT molecular complexity index is 359. The van der Waals surface area contributed by atoms with Gasteiger partial charge in [-0.3, -0.25) is 0 Å². The first-order valence-corrected chi connectivity index (χ1v) is 5.05. The van der Waals surface area contributed by atoms with Crippen LogP contribution in [0.1, 0.15) is 13.8 Å². The van der Waals surface area contributed by atoms with Gasteiger partial charge in [0.15, 0.2) is 0 Å². The predicted molar refractivity (Wildman–Crippen MR) is 62.6 cm³/mol. The summed E-state index contributed by atoms with van der Waals surface area (Å²) in [5, 5.41) is 1.01. The SMILES string of the molecule is CC(C)C(N)=Nc1ccc(Cl)c(Cl)c1. The fourth-order valence-corrected chi connectivity index (χ4v) is 1.13. The van der Waals surface area contributed by atoms with E-state index >= 15 is 0 Å². The molecule has 2 N–H and O–H groups in total. The maximum absolute atomic E-state index is 5.83. The van der Waals surface area contributed by atoms with Crippen molar-refractivity contribution in [2.75, 3.05) is 0 Å². The molecule has 2 nitrogen and oxygen atoms in total. The van der Waals surface area contributed by atoms with Crippen LogP contribution in [0.3, 0.4) is 0 Å². The van der Waals surface area contributed by atoms with Gasteiger partial charge in [-0.1, -0.05) is 37.0 Å². The Morgan fingerprint density at radius 1 is 1.29 bits per heavy atom. The van der Waals surface area contributed by atoms with Crippen LogP contribution in [0.4, 0.5) is 5.69 Å². The zero-order valence-electron chi connectivity index (χ0n) is 8.09. The molecule has 0 unspecified atom stereocenters. The lowest BCUT2D eigenvalue weighted by Gasteiger charge is -2.04. The first-order chi connectivity index (χ1) is 6.50. The van der Waals surface area contributed by atoms with Crippen LogP contribution in [0.5, 0.6) is 0 Å².